The third kappa shape index (κ3) is 4.49. The molecule has 0 radical (unpaired) electrons. The molecule has 5 rings (SSSR count). The zero-order valence-corrected chi connectivity index (χ0v) is 18.7. The highest BCUT2D eigenvalue weighted by atomic mass is 32.2. The molecule has 1 N–H and O–H groups in total. The molecule has 0 atom stereocenters. The third-order valence-electron chi connectivity index (χ3n) is 5.18. The zero-order valence-electron chi connectivity index (χ0n) is 17.9. The Hall–Kier alpha value is -3.98. The monoisotopic (exact) mass is 455 g/mol. The van der Waals surface area contributed by atoms with Gasteiger partial charge in [-0.1, -0.05) is 65.5 Å². The molecule has 0 saturated heterocycles. The summed E-state index contributed by atoms with van der Waals surface area (Å²) in [5.41, 5.74) is 4.50. The molecule has 0 saturated carbocycles. The first-order valence-corrected chi connectivity index (χ1v) is 11.4. The molecule has 0 unspecified atom stereocenters. The van der Waals surface area contributed by atoms with Gasteiger partial charge in [0.2, 0.25) is 5.91 Å². The minimum atomic E-state index is -0.0965. The van der Waals surface area contributed by atoms with E-state index in [0.29, 0.717) is 17.5 Å². The van der Waals surface area contributed by atoms with Crippen molar-refractivity contribution in [2.24, 2.45) is 0 Å². The molecular weight excluding hydrogens is 434 g/mol. The fourth-order valence-corrected chi connectivity index (χ4v) is 4.30. The molecule has 0 spiro atoms. The lowest BCUT2D eigenvalue weighted by Gasteiger charge is -2.11. The van der Waals surface area contributed by atoms with Crippen LogP contribution in [0.4, 0.5) is 5.69 Å². The second-order valence-corrected chi connectivity index (χ2v) is 8.40. The second-order valence-electron chi connectivity index (χ2n) is 7.46. The average molecular weight is 456 g/mol. The van der Waals surface area contributed by atoms with Crippen LogP contribution in [0.25, 0.3) is 16.7 Å². The maximum Gasteiger partial charge on any atom is 0.234 e. The summed E-state index contributed by atoms with van der Waals surface area (Å²) in [6.07, 6.45) is 0. The Kier molecular flexibility index (Phi) is 5.86. The molecule has 164 valence electrons. The van der Waals surface area contributed by atoms with Gasteiger partial charge in [-0.25, -0.2) is 4.68 Å². The van der Waals surface area contributed by atoms with Crippen molar-refractivity contribution in [1.82, 2.24) is 29.8 Å². The van der Waals surface area contributed by atoms with E-state index in [0.717, 1.165) is 28.0 Å². The lowest BCUT2D eigenvalue weighted by atomic mass is 10.2. The number of thioether (sulfide) groups is 1. The number of para-hydroxylation sites is 3. The number of carbonyl (C=O) groups is 1. The summed E-state index contributed by atoms with van der Waals surface area (Å²) < 4.78 is 3.76. The second kappa shape index (κ2) is 9.25. The van der Waals surface area contributed by atoms with Crippen LogP contribution in [0.5, 0.6) is 0 Å². The topological polar surface area (TPSA) is 90.5 Å². The maximum atomic E-state index is 12.6. The molecule has 3 aromatic carbocycles. The van der Waals surface area contributed by atoms with Crippen LogP contribution in [0.1, 0.15) is 11.4 Å². The quantitative estimate of drug-likeness (QED) is 0.372. The molecule has 0 bridgehead atoms. The van der Waals surface area contributed by atoms with Gasteiger partial charge in [0, 0.05) is 11.4 Å². The van der Waals surface area contributed by atoms with E-state index in [2.05, 4.69) is 25.8 Å². The first-order chi connectivity index (χ1) is 16.2. The van der Waals surface area contributed by atoms with E-state index in [1.165, 1.54) is 11.8 Å². The van der Waals surface area contributed by atoms with E-state index in [-0.39, 0.29) is 11.7 Å². The normalized spacial score (nSPS) is 11.1. The summed E-state index contributed by atoms with van der Waals surface area (Å²) in [5, 5.41) is 20.9. The Bertz CT molecular complexity index is 1410. The summed E-state index contributed by atoms with van der Waals surface area (Å²) >= 11 is 1.34. The van der Waals surface area contributed by atoms with Gasteiger partial charge in [-0.05, 0) is 42.8 Å². The Morgan fingerprint density at radius 2 is 1.67 bits per heavy atom. The molecule has 8 nitrogen and oxygen atoms in total. The standard InChI is InChI=1S/C24H21N7OS/c1-17-9-5-6-12-19(17)25-23(32)16-33-24-28-27-22(31(24)18-10-3-2-4-11-18)15-30-21-14-8-7-13-20(21)26-29-30/h2-14H,15-16H2,1H3,(H,25,32). The van der Waals surface area contributed by atoms with E-state index in [9.17, 15) is 4.79 Å². The number of rotatable bonds is 7. The number of hydrogen-bond donors (Lipinski definition) is 1. The summed E-state index contributed by atoms with van der Waals surface area (Å²) in [5.74, 6) is 0.824. The molecule has 2 aromatic heterocycles. The number of nitrogens with one attached hydrogen (secondary N) is 1. The molecular formula is C24H21N7OS. The molecule has 5 aromatic rings. The van der Waals surface area contributed by atoms with Crippen LogP contribution in [0.2, 0.25) is 0 Å². The molecule has 0 aliphatic rings. The molecule has 1 amide bonds. The van der Waals surface area contributed by atoms with E-state index in [1.54, 1.807) is 4.68 Å². The number of aryl methyl sites for hydroxylation is 1. The van der Waals surface area contributed by atoms with E-state index >= 15 is 0 Å². The Labute approximate surface area is 194 Å². The molecule has 0 aliphatic heterocycles. The predicted octanol–water partition coefficient (Wildman–Crippen LogP) is 4.10. The first-order valence-electron chi connectivity index (χ1n) is 10.5. The minimum absolute atomic E-state index is 0.0965. The number of anilines is 1. The molecule has 9 heteroatoms. The summed E-state index contributed by atoms with van der Waals surface area (Å²) in [6, 6.07) is 25.4. The maximum absolute atomic E-state index is 12.6. The van der Waals surface area contributed by atoms with Gasteiger partial charge >= 0.3 is 0 Å². The largest absolute Gasteiger partial charge is 0.325 e. The van der Waals surface area contributed by atoms with Gasteiger partial charge in [-0.3, -0.25) is 9.36 Å². The van der Waals surface area contributed by atoms with E-state index in [4.69, 9.17) is 0 Å². The van der Waals surface area contributed by atoms with Gasteiger partial charge in [0.15, 0.2) is 11.0 Å². The van der Waals surface area contributed by atoms with Crippen LogP contribution in [0, 0.1) is 6.92 Å². The lowest BCUT2D eigenvalue weighted by molar-refractivity contribution is -0.113. The average Bonchev–Trinajstić information content (AvgIpc) is 3.44. The Morgan fingerprint density at radius 1 is 0.909 bits per heavy atom. The molecule has 2 heterocycles. The van der Waals surface area contributed by atoms with Crippen LogP contribution in [-0.4, -0.2) is 41.4 Å². The van der Waals surface area contributed by atoms with Gasteiger partial charge in [0.25, 0.3) is 0 Å². The Morgan fingerprint density at radius 3 is 2.52 bits per heavy atom. The first kappa shape index (κ1) is 20.9. The lowest BCUT2D eigenvalue weighted by Crippen LogP contribution is -2.15. The van der Waals surface area contributed by atoms with Crippen molar-refractivity contribution in [2.45, 2.75) is 18.6 Å². The number of fused-ring (bicyclic) bond motifs is 1. The van der Waals surface area contributed by atoms with Gasteiger partial charge < -0.3 is 5.32 Å². The molecule has 0 fully saturated rings. The van der Waals surface area contributed by atoms with E-state index in [1.807, 2.05) is 90.4 Å². The fourth-order valence-electron chi connectivity index (χ4n) is 3.53. The van der Waals surface area contributed by atoms with Crippen LogP contribution in [0.3, 0.4) is 0 Å². The van der Waals surface area contributed by atoms with Gasteiger partial charge in [-0.2, -0.15) is 0 Å². The van der Waals surface area contributed by atoms with Crippen molar-refractivity contribution in [3.05, 3.63) is 90.3 Å². The highest BCUT2D eigenvalue weighted by Crippen LogP contribution is 2.24. The number of benzene rings is 3. The van der Waals surface area contributed by atoms with Gasteiger partial charge in [-0.15, -0.1) is 15.3 Å². The molecule has 0 aliphatic carbocycles. The van der Waals surface area contributed by atoms with Crippen molar-refractivity contribution in [2.75, 3.05) is 11.1 Å². The van der Waals surface area contributed by atoms with Crippen molar-refractivity contribution in [1.29, 1.82) is 0 Å². The summed E-state index contributed by atoms with van der Waals surface area (Å²) in [4.78, 5) is 12.6. The van der Waals surface area contributed by atoms with Crippen LogP contribution >= 0.6 is 11.8 Å². The zero-order chi connectivity index (χ0) is 22.6. The predicted molar refractivity (Wildman–Crippen MR) is 129 cm³/mol. The highest BCUT2D eigenvalue weighted by molar-refractivity contribution is 7.99. The van der Waals surface area contributed by atoms with Gasteiger partial charge in [0.05, 0.1) is 11.3 Å². The van der Waals surface area contributed by atoms with Crippen LogP contribution in [-0.2, 0) is 11.3 Å². The van der Waals surface area contributed by atoms with Crippen molar-refractivity contribution in [3.8, 4) is 5.69 Å². The van der Waals surface area contributed by atoms with Crippen LogP contribution in [0.15, 0.2) is 84.0 Å². The number of hydrogen-bond acceptors (Lipinski definition) is 6. The van der Waals surface area contributed by atoms with Gasteiger partial charge in [0.1, 0.15) is 12.1 Å². The highest BCUT2D eigenvalue weighted by Gasteiger charge is 2.18. The third-order valence-corrected chi connectivity index (χ3v) is 6.11. The minimum Gasteiger partial charge on any atom is -0.325 e. The van der Waals surface area contributed by atoms with Crippen molar-refractivity contribution >= 4 is 34.4 Å². The van der Waals surface area contributed by atoms with E-state index < -0.39 is 0 Å². The van der Waals surface area contributed by atoms with Crippen molar-refractivity contribution < 1.29 is 4.79 Å². The van der Waals surface area contributed by atoms with Crippen LogP contribution < -0.4 is 5.32 Å². The Balaban J connectivity index is 1.40. The number of aromatic nitrogens is 6. The molecule has 33 heavy (non-hydrogen) atoms. The summed E-state index contributed by atoms with van der Waals surface area (Å²) in [7, 11) is 0. The smallest absolute Gasteiger partial charge is 0.234 e. The number of amides is 1. The van der Waals surface area contributed by atoms with Crippen molar-refractivity contribution in [3.63, 3.8) is 0 Å². The number of nitrogens with zero attached hydrogens (tertiary/aromatic N) is 6. The summed E-state index contributed by atoms with van der Waals surface area (Å²) in [6.45, 7) is 2.37. The SMILES string of the molecule is Cc1ccccc1NC(=O)CSc1nnc(Cn2nnc3ccccc32)n1-c1ccccc1. The number of carbonyl (C=O) groups excluding carboxylic acids is 1. The fraction of sp³-hybridized carbons (Fsp3) is 0.125.